The van der Waals surface area contributed by atoms with E-state index < -0.39 is 17.7 Å². The van der Waals surface area contributed by atoms with E-state index in [4.69, 9.17) is 0 Å². The van der Waals surface area contributed by atoms with Crippen molar-refractivity contribution in [2.24, 2.45) is 0 Å². The van der Waals surface area contributed by atoms with E-state index in [2.05, 4.69) is 0 Å². The maximum Gasteiger partial charge on any atom is 0.213 e. The van der Waals surface area contributed by atoms with Crippen LogP contribution in [0.2, 0.25) is 0 Å². The first-order chi connectivity index (χ1) is 4.22. The zero-order valence-electron chi connectivity index (χ0n) is 4.66. The maximum atomic E-state index is 10.5. The summed E-state index contributed by atoms with van der Waals surface area (Å²) in [7, 11) is 0. The van der Waals surface area contributed by atoms with Gasteiger partial charge in [0.1, 0.15) is 0 Å². The van der Waals surface area contributed by atoms with Crippen LogP contribution in [0, 0.1) is 0 Å². The van der Waals surface area contributed by atoms with Gasteiger partial charge in [0.05, 0.1) is 0 Å². The van der Waals surface area contributed by atoms with E-state index in [1.54, 1.807) is 0 Å². The summed E-state index contributed by atoms with van der Waals surface area (Å²) in [6.45, 7) is 0. The Bertz CT molecular complexity index is 181. The molecule has 0 spiro atoms. The molecule has 1 radical (unpaired) electrons. The Morgan fingerprint density at radius 2 is 2.11 bits per heavy atom. The van der Waals surface area contributed by atoms with E-state index in [1.165, 1.54) is 12.2 Å². The Balaban J connectivity index is 2.81. The second-order valence-electron chi connectivity index (χ2n) is 1.86. The first-order valence-electron chi connectivity index (χ1n) is 2.61. The minimum Gasteiger partial charge on any atom is -0.296 e. The molecule has 0 fully saturated rings. The molecule has 3 nitrogen and oxygen atoms in total. The predicted octanol–water partition coefficient (Wildman–Crippen LogP) is -0.116. The largest absolute Gasteiger partial charge is 0.296 e. The van der Waals surface area contributed by atoms with Gasteiger partial charge in [0, 0.05) is 6.42 Å². The molecule has 0 aromatic heterocycles. The summed E-state index contributed by atoms with van der Waals surface area (Å²) >= 11 is 0. The minimum atomic E-state index is -1.64. The quantitative estimate of drug-likeness (QED) is 0.424. The summed E-state index contributed by atoms with van der Waals surface area (Å²) < 4.78 is 0. The van der Waals surface area contributed by atoms with Gasteiger partial charge in [0.2, 0.25) is 6.10 Å². The highest BCUT2D eigenvalue weighted by Crippen LogP contribution is 2.02. The summed E-state index contributed by atoms with van der Waals surface area (Å²) in [5, 5.41) is 10.5. The number of ketones is 2. The number of hydrogen-bond donors (Lipinski definition) is 0. The Morgan fingerprint density at radius 1 is 1.44 bits per heavy atom. The van der Waals surface area contributed by atoms with Crippen molar-refractivity contribution in [3.63, 3.8) is 0 Å². The maximum absolute atomic E-state index is 10.5. The highest BCUT2D eigenvalue weighted by Gasteiger charge is 2.25. The Labute approximate surface area is 52.0 Å². The molecule has 1 atom stereocenters. The van der Waals surface area contributed by atoms with Crippen LogP contribution < -0.4 is 0 Å². The smallest absolute Gasteiger partial charge is 0.213 e. The van der Waals surface area contributed by atoms with Crippen LogP contribution in [0.3, 0.4) is 0 Å². The fraction of sp³-hybridized carbons (Fsp3) is 0.333. The van der Waals surface area contributed by atoms with E-state index >= 15 is 0 Å². The highest BCUT2D eigenvalue weighted by molar-refractivity contribution is 6.12. The van der Waals surface area contributed by atoms with E-state index in [0.29, 0.717) is 0 Å². The Hall–Kier alpha value is -0.960. The van der Waals surface area contributed by atoms with Gasteiger partial charge in [-0.25, -0.2) is 5.11 Å². The van der Waals surface area contributed by atoms with Crippen molar-refractivity contribution in [3.8, 4) is 0 Å². The fourth-order valence-corrected chi connectivity index (χ4v) is 0.644. The number of Topliss-reactive ketones (excluding diaryl/α,β-unsaturated/α-hetero) is 1. The monoisotopic (exact) mass is 125 g/mol. The van der Waals surface area contributed by atoms with Gasteiger partial charge in [0.15, 0.2) is 11.6 Å². The zero-order chi connectivity index (χ0) is 6.85. The first-order valence-corrected chi connectivity index (χ1v) is 2.61. The SMILES string of the molecule is [O]C1C(=O)C=CCC1=O. The minimum absolute atomic E-state index is 0.111. The van der Waals surface area contributed by atoms with E-state index in [9.17, 15) is 14.7 Å². The van der Waals surface area contributed by atoms with Crippen molar-refractivity contribution < 1.29 is 14.7 Å². The number of allylic oxidation sites excluding steroid dienone is 1. The molecule has 0 saturated carbocycles. The molecule has 0 amide bonds. The number of hydrogen-bond acceptors (Lipinski definition) is 2. The summed E-state index contributed by atoms with van der Waals surface area (Å²) in [5.74, 6) is -1.14. The molecule has 0 heterocycles. The van der Waals surface area contributed by atoms with Gasteiger partial charge < -0.3 is 0 Å². The molecule has 0 aromatic carbocycles. The summed E-state index contributed by atoms with van der Waals surface area (Å²) in [6, 6.07) is 0. The molecule has 0 N–H and O–H groups in total. The van der Waals surface area contributed by atoms with Crippen molar-refractivity contribution >= 4 is 11.6 Å². The normalized spacial score (nSPS) is 27.0. The zero-order valence-corrected chi connectivity index (χ0v) is 4.66. The lowest BCUT2D eigenvalue weighted by Gasteiger charge is -2.04. The Morgan fingerprint density at radius 3 is 2.56 bits per heavy atom. The van der Waals surface area contributed by atoms with Crippen LogP contribution in [0.1, 0.15) is 6.42 Å². The second kappa shape index (κ2) is 2.11. The van der Waals surface area contributed by atoms with Crippen LogP contribution in [0.15, 0.2) is 12.2 Å². The van der Waals surface area contributed by atoms with Crippen molar-refractivity contribution in [1.82, 2.24) is 0 Å². The lowest BCUT2D eigenvalue weighted by molar-refractivity contribution is -0.140. The van der Waals surface area contributed by atoms with Gasteiger partial charge in [-0.1, -0.05) is 6.08 Å². The average Bonchev–Trinajstić information content (AvgIpc) is 1.83. The molecular formula is C6H5O3. The molecule has 0 saturated heterocycles. The molecule has 0 aliphatic heterocycles. The molecule has 0 aromatic rings. The van der Waals surface area contributed by atoms with Crippen molar-refractivity contribution in [3.05, 3.63) is 12.2 Å². The van der Waals surface area contributed by atoms with Crippen molar-refractivity contribution in [2.45, 2.75) is 12.5 Å². The number of carbonyl (C=O) groups excluding carboxylic acids is 2. The Kier molecular flexibility index (Phi) is 1.44. The summed E-state index contributed by atoms with van der Waals surface area (Å²) in [6.07, 6.45) is 1.05. The van der Waals surface area contributed by atoms with Gasteiger partial charge >= 0.3 is 0 Å². The van der Waals surface area contributed by atoms with Crippen molar-refractivity contribution in [1.29, 1.82) is 0 Å². The first kappa shape index (κ1) is 6.16. The molecule has 1 aliphatic rings. The van der Waals surface area contributed by atoms with Crippen LogP contribution in [0.25, 0.3) is 0 Å². The van der Waals surface area contributed by atoms with E-state index in [1.807, 2.05) is 0 Å². The number of carbonyl (C=O) groups is 2. The molecule has 1 aliphatic carbocycles. The predicted molar refractivity (Wildman–Crippen MR) is 28.2 cm³/mol. The third-order valence-corrected chi connectivity index (χ3v) is 1.15. The standard InChI is InChI=1S/C6H5O3/c7-4-2-1-3-5(8)6(4)9/h1-2,6H,3H2. The average molecular weight is 125 g/mol. The van der Waals surface area contributed by atoms with Crippen LogP contribution >= 0.6 is 0 Å². The fourth-order valence-electron chi connectivity index (χ4n) is 0.644. The molecule has 3 heteroatoms. The van der Waals surface area contributed by atoms with E-state index in [0.717, 1.165) is 0 Å². The molecule has 0 bridgehead atoms. The highest BCUT2D eigenvalue weighted by atomic mass is 16.3. The van der Waals surface area contributed by atoms with Gasteiger partial charge in [-0.2, -0.15) is 0 Å². The lowest BCUT2D eigenvalue weighted by Crippen LogP contribution is -2.29. The van der Waals surface area contributed by atoms with Gasteiger partial charge in [-0.05, 0) is 6.08 Å². The van der Waals surface area contributed by atoms with Gasteiger partial charge in [0.25, 0.3) is 0 Å². The molecule has 1 unspecified atom stereocenters. The molecule has 1 rings (SSSR count). The van der Waals surface area contributed by atoms with Crippen LogP contribution in [-0.2, 0) is 14.7 Å². The van der Waals surface area contributed by atoms with Gasteiger partial charge in [-0.15, -0.1) is 0 Å². The molecule has 47 valence electrons. The van der Waals surface area contributed by atoms with Gasteiger partial charge in [-0.3, -0.25) is 9.59 Å². The topological polar surface area (TPSA) is 54.0 Å². The lowest BCUT2D eigenvalue weighted by atomic mass is 10.0. The third kappa shape index (κ3) is 1.05. The summed E-state index contributed by atoms with van der Waals surface area (Å²) in [4.78, 5) is 20.8. The third-order valence-electron chi connectivity index (χ3n) is 1.15. The van der Waals surface area contributed by atoms with E-state index in [-0.39, 0.29) is 6.42 Å². The van der Waals surface area contributed by atoms with Crippen LogP contribution in [-0.4, -0.2) is 17.7 Å². The van der Waals surface area contributed by atoms with Crippen LogP contribution in [0.5, 0.6) is 0 Å². The molecular weight excluding hydrogens is 120 g/mol. The molecule has 9 heavy (non-hydrogen) atoms. The van der Waals surface area contributed by atoms with Crippen LogP contribution in [0.4, 0.5) is 0 Å². The summed E-state index contributed by atoms with van der Waals surface area (Å²) in [5.41, 5.74) is 0. The number of rotatable bonds is 0. The second-order valence-corrected chi connectivity index (χ2v) is 1.86. The van der Waals surface area contributed by atoms with Crippen molar-refractivity contribution in [2.75, 3.05) is 0 Å².